The zero-order chi connectivity index (χ0) is 27.4. The zero-order valence-corrected chi connectivity index (χ0v) is 20.7. The fraction of sp³-hybridized carbons (Fsp3) is 0.409. The van der Waals surface area contributed by atoms with Gasteiger partial charge in [0, 0.05) is 11.4 Å². The number of carbonyl (C=O) groups is 1. The Labute approximate surface area is 211 Å². The molecule has 2 aromatic rings. The van der Waals surface area contributed by atoms with Gasteiger partial charge in [-0.05, 0) is 48.7 Å². The van der Waals surface area contributed by atoms with Crippen molar-refractivity contribution < 1.29 is 43.8 Å². The Kier molecular flexibility index (Phi) is 8.90. The van der Waals surface area contributed by atoms with Crippen LogP contribution in [0.5, 0.6) is 0 Å². The summed E-state index contributed by atoms with van der Waals surface area (Å²) in [6, 6.07) is 5.60. The summed E-state index contributed by atoms with van der Waals surface area (Å²) in [5, 5.41) is 4.44. The minimum absolute atomic E-state index is 0.0216. The maximum Gasteiger partial charge on any atom is 0.416 e. The molecule has 0 aromatic heterocycles. The van der Waals surface area contributed by atoms with Crippen molar-refractivity contribution in [3.05, 3.63) is 48.0 Å². The number of alkyl halides is 6. The number of amides is 2. The van der Waals surface area contributed by atoms with Crippen molar-refractivity contribution in [1.29, 1.82) is 0 Å². The molecule has 0 saturated heterocycles. The van der Waals surface area contributed by atoms with E-state index in [1.807, 2.05) is 0 Å². The molecule has 1 saturated carbocycles. The number of halogens is 6. The summed E-state index contributed by atoms with van der Waals surface area (Å²) in [5.41, 5.74) is -1.52. The van der Waals surface area contributed by atoms with Crippen LogP contribution in [-0.2, 0) is 27.0 Å². The molecule has 0 radical (unpaired) electrons. The summed E-state index contributed by atoms with van der Waals surface area (Å²) in [6.07, 6.45) is -5.81. The number of nitrogens with one attached hydrogen (secondary N) is 3. The van der Waals surface area contributed by atoms with Crippen molar-refractivity contribution in [3.8, 4) is 0 Å². The largest absolute Gasteiger partial charge is 0.416 e. The molecular formula is C22H23F6N3O4S2. The van der Waals surface area contributed by atoms with Gasteiger partial charge >= 0.3 is 18.4 Å². The molecular weight excluding hydrogens is 548 g/mol. The van der Waals surface area contributed by atoms with Crippen LogP contribution in [0.25, 0.3) is 0 Å². The maximum absolute atomic E-state index is 13.0. The topological polar surface area (TPSA) is 104 Å². The van der Waals surface area contributed by atoms with Crippen LogP contribution in [0.1, 0.15) is 31.2 Å². The minimum Gasteiger partial charge on any atom is -0.308 e. The van der Waals surface area contributed by atoms with Gasteiger partial charge in [-0.2, -0.15) is 26.3 Å². The van der Waals surface area contributed by atoms with Crippen molar-refractivity contribution in [1.82, 2.24) is 4.72 Å². The van der Waals surface area contributed by atoms with Crippen molar-refractivity contribution in [2.24, 2.45) is 5.92 Å². The molecule has 2 aromatic carbocycles. The lowest BCUT2D eigenvalue weighted by atomic mass is 9.84. The fourth-order valence-electron chi connectivity index (χ4n) is 3.46. The number of sulfonamides is 1. The van der Waals surface area contributed by atoms with E-state index in [-0.39, 0.29) is 22.0 Å². The van der Waals surface area contributed by atoms with Gasteiger partial charge in [0.1, 0.15) is 6.54 Å². The molecule has 15 heteroatoms. The Balaban J connectivity index is 1.85. The molecule has 0 bridgehead atoms. The average Bonchev–Trinajstić information content (AvgIpc) is 2.75. The lowest BCUT2D eigenvalue weighted by Gasteiger charge is -2.25. The normalized spacial score (nSPS) is 15.6. The van der Waals surface area contributed by atoms with E-state index in [9.17, 15) is 43.8 Å². The van der Waals surface area contributed by atoms with Gasteiger partial charge < -0.3 is 10.6 Å². The van der Waals surface area contributed by atoms with E-state index in [1.54, 1.807) is 0 Å². The Bertz CT molecular complexity index is 1260. The fourth-order valence-corrected chi connectivity index (χ4v) is 5.84. The van der Waals surface area contributed by atoms with E-state index < -0.39 is 56.2 Å². The first kappa shape index (κ1) is 28.9. The van der Waals surface area contributed by atoms with E-state index in [4.69, 9.17) is 0 Å². The van der Waals surface area contributed by atoms with E-state index >= 15 is 0 Å². The monoisotopic (exact) mass is 571 g/mol. The number of carbonyl (C=O) groups excluding carboxylic acids is 1. The molecule has 0 spiro atoms. The molecule has 1 aliphatic carbocycles. The van der Waals surface area contributed by atoms with Crippen molar-refractivity contribution in [2.75, 3.05) is 22.9 Å². The number of rotatable bonds is 9. The average molecular weight is 572 g/mol. The summed E-state index contributed by atoms with van der Waals surface area (Å²) < 4.78 is 115. The van der Waals surface area contributed by atoms with E-state index in [2.05, 4.69) is 10.6 Å². The highest BCUT2D eigenvalue weighted by Crippen LogP contribution is 2.32. The minimum atomic E-state index is -4.82. The van der Waals surface area contributed by atoms with Gasteiger partial charge in [-0.25, -0.2) is 17.9 Å². The van der Waals surface area contributed by atoms with Crippen LogP contribution in [0.2, 0.25) is 0 Å². The van der Waals surface area contributed by atoms with Gasteiger partial charge in [-0.3, -0.25) is 4.21 Å². The van der Waals surface area contributed by atoms with Crippen molar-refractivity contribution >= 4 is 38.2 Å². The summed E-state index contributed by atoms with van der Waals surface area (Å²) >= 11 is 0. The highest BCUT2D eigenvalue weighted by molar-refractivity contribution is 7.89. The van der Waals surface area contributed by atoms with Crippen LogP contribution in [-0.4, -0.2) is 37.1 Å². The Morgan fingerprint density at radius 1 is 1.00 bits per heavy atom. The van der Waals surface area contributed by atoms with Crippen LogP contribution in [0, 0.1) is 5.92 Å². The van der Waals surface area contributed by atoms with Crippen LogP contribution < -0.4 is 15.4 Å². The van der Waals surface area contributed by atoms with E-state index in [0.717, 1.165) is 49.6 Å². The van der Waals surface area contributed by atoms with Gasteiger partial charge in [0.15, 0.2) is 0 Å². The van der Waals surface area contributed by atoms with Gasteiger partial charge in [0.2, 0.25) is 10.0 Å². The highest BCUT2D eigenvalue weighted by atomic mass is 32.2. The number of urea groups is 1. The molecule has 1 aliphatic rings. The number of hydrogen-bond acceptors (Lipinski definition) is 4. The summed E-state index contributed by atoms with van der Waals surface area (Å²) in [7, 11) is -6.36. The predicted octanol–water partition coefficient (Wildman–Crippen LogP) is 5.49. The molecule has 1 unspecified atom stereocenters. The van der Waals surface area contributed by atoms with Gasteiger partial charge in [0.25, 0.3) is 0 Å². The molecule has 204 valence electrons. The van der Waals surface area contributed by atoms with Gasteiger partial charge in [-0.1, -0.05) is 25.3 Å². The first-order valence-corrected chi connectivity index (χ1v) is 13.8. The molecule has 3 rings (SSSR count). The first-order valence-electron chi connectivity index (χ1n) is 11.0. The van der Waals surface area contributed by atoms with Crippen molar-refractivity contribution in [2.45, 2.75) is 47.8 Å². The summed E-state index contributed by atoms with van der Waals surface area (Å²) in [4.78, 5) is 11.9. The standard InChI is InChI=1S/C22H23F6N3O4S2/c23-21(24,25)13-29-37(34,35)17-7-8-19(36(33)10-9-14-3-1-4-14)18(12-17)31-20(32)30-16-6-2-5-15(11-16)22(26,27)28/h2,5-8,11-12,14,29H,1,3-4,9-10,13H2,(H2,30,31,32). The molecule has 1 fully saturated rings. The molecule has 7 nitrogen and oxygen atoms in total. The molecule has 3 N–H and O–H groups in total. The second kappa shape index (κ2) is 11.4. The zero-order valence-electron chi connectivity index (χ0n) is 19.1. The Morgan fingerprint density at radius 3 is 2.30 bits per heavy atom. The maximum atomic E-state index is 13.0. The van der Waals surface area contributed by atoms with Crippen LogP contribution in [0.15, 0.2) is 52.3 Å². The number of hydrogen-bond donors (Lipinski definition) is 3. The first-order chi connectivity index (χ1) is 17.1. The summed E-state index contributed by atoms with van der Waals surface area (Å²) in [5.74, 6) is 0.600. The number of anilines is 2. The van der Waals surface area contributed by atoms with Crippen LogP contribution in [0.3, 0.4) is 0 Å². The molecule has 0 heterocycles. The van der Waals surface area contributed by atoms with E-state index in [0.29, 0.717) is 18.4 Å². The van der Waals surface area contributed by atoms with Crippen LogP contribution in [0.4, 0.5) is 42.5 Å². The van der Waals surface area contributed by atoms with Gasteiger partial charge in [0.05, 0.1) is 31.8 Å². The van der Waals surface area contributed by atoms with Gasteiger partial charge in [-0.15, -0.1) is 0 Å². The molecule has 2 amide bonds. The quantitative estimate of drug-likeness (QED) is 0.347. The lowest BCUT2D eigenvalue weighted by molar-refractivity contribution is -0.137. The van der Waals surface area contributed by atoms with Crippen molar-refractivity contribution in [3.63, 3.8) is 0 Å². The lowest BCUT2D eigenvalue weighted by Crippen LogP contribution is -2.33. The third-order valence-corrected chi connectivity index (χ3v) is 8.45. The second-order valence-electron chi connectivity index (χ2n) is 8.39. The molecule has 0 aliphatic heterocycles. The Hall–Kier alpha value is -2.65. The molecule has 1 atom stereocenters. The summed E-state index contributed by atoms with van der Waals surface area (Å²) in [6.45, 7) is -1.83. The Morgan fingerprint density at radius 2 is 1.70 bits per heavy atom. The second-order valence-corrected chi connectivity index (χ2v) is 11.7. The smallest absolute Gasteiger partial charge is 0.308 e. The van der Waals surface area contributed by atoms with Crippen LogP contribution >= 0.6 is 0 Å². The SMILES string of the molecule is O=C(Nc1cccc(C(F)(F)F)c1)Nc1cc(S(=O)(=O)NCC(F)(F)F)ccc1S(=O)CCC1CCC1. The third-order valence-electron chi connectivity index (χ3n) is 5.60. The van der Waals surface area contributed by atoms with E-state index in [1.165, 1.54) is 10.8 Å². The highest BCUT2D eigenvalue weighted by Gasteiger charge is 2.31. The number of benzene rings is 2. The third kappa shape index (κ3) is 8.43. The predicted molar refractivity (Wildman–Crippen MR) is 125 cm³/mol. The molecule has 37 heavy (non-hydrogen) atoms.